The Morgan fingerprint density at radius 1 is 0.958 bits per heavy atom. The fraction of sp³-hybridized carbons (Fsp3) is 0.250. The summed E-state index contributed by atoms with van der Waals surface area (Å²) in [5, 5.41) is 2.01. The highest BCUT2D eigenvalue weighted by atomic mass is 32.1. The zero-order valence-electron chi connectivity index (χ0n) is 13.0. The van der Waals surface area contributed by atoms with Crippen LogP contribution in [-0.2, 0) is 4.79 Å². The Labute approximate surface area is 143 Å². The van der Waals surface area contributed by atoms with E-state index in [4.69, 9.17) is 4.99 Å². The molecule has 2 aliphatic carbocycles. The quantitative estimate of drug-likeness (QED) is 0.782. The summed E-state index contributed by atoms with van der Waals surface area (Å²) in [6.07, 6.45) is 2.31. The van der Waals surface area contributed by atoms with Crippen molar-refractivity contribution in [3.05, 3.63) is 63.4 Å². The van der Waals surface area contributed by atoms with Gasteiger partial charge in [-0.2, -0.15) is 0 Å². The third kappa shape index (κ3) is 1.80. The SMILES string of the molecule is O=C1C2=C(N=C3CCCC(=O)C3[C@@H]2c2cccs2)c2ccccc21. The van der Waals surface area contributed by atoms with Gasteiger partial charge in [0.05, 0.1) is 11.6 Å². The molecule has 24 heavy (non-hydrogen) atoms. The number of benzene rings is 1. The van der Waals surface area contributed by atoms with Crippen molar-refractivity contribution in [2.45, 2.75) is 25.2 Å². The maximum atomic E-state index is 13.1. The van der Waals surface area contributed by atoms with Crippen LogP contribution in [0.4, 0.5) is 0 Å². The minimum atomic E-state index is -0.255. The molecule has 0 bridgehead atoms. The number of rotatable bonds is 1. The molecule has 1 aliphatic heterocycles. The van der Waals surface area contributed by atoms with Gasteiger partial charge in [-0.3, -0.25) is 14.6 Å². The summed E-state index contributed by atoms with van der Waals surface area (Å²) in [4.78, 5) is 31.7. The van der Waals surface area contributed by atoms with E-state index < -0.39 is 0 Å². The highest BCUT2D eigenvalue weighted by Crippen LogP contribution is 2.50. The number of allylic oxidation sites excluding steroid dienone is 1. The summed E-state index contributed by atoms with van der Waals surface area (Å²) in [5.41, 5.74) is 4.13. The van der Waals surface area contributed by atoms with Crippen molar-refractivity contribution in [2.75, 3.05) is 0 Å². The average Bonchev–Trinajstić information content (AvgIpc) is 3.22. The van der Waals surface area contributed by atoms with E-state index in [1.165, 1.54) is 0 Å². The maximum absolute atomic E-state index is 13.1. The molecule has 2 atom stereocenters. The minimum Gasteiger partial charge on any atom is -0.299 e. The Bertz CT molecular complexity index is 936. The molecule has 0 amide bonds. The minimum absolute atomic E-state index is 0.0418. The lowest BCUT2D eigenvalue weighted by molar-refractivity contribution is -0.121. The van der Waals surface area contributed by atoms with Crippen molar-refractivity contribution in [2.24, 2.45) is 10.9 Å². The van der Waals surface area contributed by atoms with E-state index in [0.717, 1.165) is 45.8 Å². The molecule has 2 heterocycles. The number of hydrogen-bond acceptors (Lipinski definition) is 4. The predicted molar refractivity (Wildman–Crippen MR) is 94.5 cm³/mol. The molecule has 0 N–H and O–H groups in total. The zero-order chi connectivity index (χ0) is 16.3. The van der Waals surface area contributed by atoms with Crippen molar-refractivity contribution < 1.29 is 9.59 Å². The van der Waals surface area contributed by atoms with Crippen LogP contribution in [0.5, 0.6) is 0 Å². The molecule has 118 valence electrons. The lowest BCUT2D eigenvalue weighted by Crippen LogP contribution is -2.37. The number of nitrogens with zero attached hydrogens (tertiary/aromatic N) is 1. The van der Waals surface area contributed by atoms with E-state index in [2.05, 4.69) is 0 Å². The normalized spacial score (nSPS) is 25.2. The van der Waals surface area contributed by atoms with Crippen LogP contribution in [0.25, 0.3) is 5.70 Å². The third-order valence-electron chi connectivity index (χ3n) is 5.24. The molecule has 4 heteroatoms. The van der Waals surface area contributed by atoms with Crippen LogP contribution >= 0.6 is 11.3 Å². The molecule has 1 unspecified atom stereocenters. The standard InChI is InChI=1S/C20H15NO2S/c22-14-8-3-7-13-16(14)17(15-9-4-10-24-15)18-19(21-13)11-5-1-2-6-12(11)20(18)23/h1-2,4-6,9-10,16-17H,3,7-8H2/t16?,17-/m0/s1. The Balaban J connectivity index is 1.77. The average molecular weight is 333 g/mol. The number of aliphatic imine (C=N–C) groups is 1. The summed E-state index contributed by atoms with van der Waals surface area (Å²) in [6, 6.07) is 11.7. The van der Waals surface area contributed by atoms with Crippen LogP contribution in [-0.4, -0.2) is 17.3 Å². The van der Waals surface area contributed by atoms with Crippen molar-refractivity contribution >= 4 is 34.3 Å². The monoisotopic (exact) mass is 333 g/mol. The Kier molecular flexibility index (Phi) is 2.98. The second-order valence-electron chi connectivity index (χ2n) is 6.53. The number of carbonyl (C=O) groups excluding carboxylic acids is 2. The molecule has 3 nitrogen and oxygen atoms in total. The molecule has 0 saturated heterocycles. The van der Waals surface area contributed by atoms with E-state index >= 15 is 0 Å². The van der Waals surface area contributed by atoms with E-state index in [9.17, 15) is 9.59 Å². The van der Waals surface area contributed by atoms with Gasteiger partial charge < -0.3 is 0 Å². The van der Waals surface area contributed by atoms with Gasteiger partial charge in [-0.25, -0.2) is 0 Å². The van der Waals surface area contributed by atoms with Crippen LogP contribution in [0.3, 0.4) is 0 Å². The highest BCUT2D eigenvalue weighted by Gasteiger charge is 2.47. The first-order valence-electron chi connectivity index (χ1n) is 8.27. The van der Waals surface area contributed by atoms with E-state index in [0.29, 0.717) is 6.42 Å². The van der Waals surface area contributed by atoms with Crippen molar-refractivity contribution in [3.8, 4) is 0 Å². The molecule has 2 aromatic rings. The van der Waals surface area contributed by atoms with Gasteiger partial charge in [-0.05, 0) is 24.3 Å². The molecular weight excluding hydrogens is 318 g/mol. The van der Waals surface area contributed by atoms with Gasteiger partial charge in [0.2, 0.25) is 0 Å². The molecule has 3 aliphatic rings. The zero-order valence-corrected chi connectivity index (χ0v) is 13.8. The predicted octanol–water partition coefficient (Wildman–Crippen LogP) is 4.26. The molecule has 5 rings (SSSR count). The van der Waals surface area contributed by atoms with Crippen LogP contribution in [0.2, 0.25) is 0 Å². The first-order chi connectivity index (χ1) is 11.8. The van der Waals surface area contributed by atoms with Crippen LogP contribution in [0.1, 0.15) is 46.0 Å². The van der Waals surface area contributed by atoms with E-state index in [-0.39, 0.29) is 23.4 Å². The second-order valence-corrected chi connectivity index (χ2v) is 7.51. The fourth-order valence-corrected chi connectivity index (χ4v) is 5.10. The second kappa shape index (κ2) is 5.08. The van der Waals surface area contributed by atoms with Crippen molar-refractivity contribution in [1.29, 1.82) is 0 Å². The van der Waals surface area contributed by atoms with Gasteiger partial charge in [-0.15, -0.1) is 11.3 Å². The summed E-state index contributed by atoms with van der Waals surface area (Å²) < 4.78 is 0. The first-order valence-corrected chi connectivity index (χ1v) is 9.15. The van der Waals surface area contributed by atoms with Gasteiger partial charge >= 0.3 is 0 Å². The van der Waals surface area contributed by atoms with Gasteiger partial charge in [0.15, 0.2) is 5.78 Å². The number of hydrogen-bond donors (Lipinski definition) is 0. The third-order valence-corrected chi connectivity index (χ3v) is 6.19. The number of ketones is 2. The Morgan fingerprint density at radius 2 is 1.79 bits per heavy atom. The van der Waals surface area contributed by atoms with Crippen LogP contribution < -0.4 is 0 Å². The number of fused-ring (bicyclic) bond motifs is 3. The summed E-state index contributed by atoms with van der Waals surface area (Å²) in [7, 11) is 0. The Morgan fingerprint density at radius 3 is 2.58 bits per heavy atom. The van der Waals surface area contributed by atoms with Crippen LogP contribution in [0.15, 0.2) is 52.3 Å². The molecule has 0 radical (unpaired) electrons. The first kappa shape index (κ1) is 14.1. The molecule has 1 saturated carbocycles. The van der Waals surface area contributed by atoms with Gasteiger partial charge in [0.25, 0.3) is 0 Å². The lowest BCUT2D eigenvalue weighted by Gasteiger charge is -2.34. The largest absolute Gasteiger partial charge is 0.299 e. The lowest BCUT2D eigenvalue weighted by atomic mass is 9.71. The Hall–Kier alpha value is -2.33. The van der Waals surface area contributed by atoms with Crippen molar-refractivity contribution in [3.63, 3.8) is 0 Å². The molecular formula is C20H15NO2S. The van der Waals surface area contributed by atoms with Crippen LogP contribution in [0, 0.1) is 5.92 Å². The summed E-state index contributed by atoms with van der Waals surface area (Å²) >= 11 is 1.62. The molecule has 1 fully saturated rings. The highest BCUT2D eigenvalue weighted by molar-refractivity contribution is 7.10. The number of Topliss-reactive ketones (excluding diaryl/α,β-unsaturated/α-hetero) is 2. The van der Waals surface area contributed by atoms with E-state index in [1.54, 1.807) is 11.3 Å². The fourth-order valence-electron chi connectivity index (χ4n) is 4.22. The summed E-state index contributed by atoms with van der Waals surface area (Å²) in [5.74, 6) is -0.150. The van der Waals surface area contributed by atoms with E-state index in [1.807, 2.05) is 41.8 Å². The number of thiophene rings is 1. The topological polar surface area (TPSA) is 46.5 Å². The molecule has 1 aromatic heterocycles. The molecule has 0 spiro atoms. The molecule has 1 aromatic carbocycles. The van der Waals surface area contributed by atoms with Crippen molar-refractivity contribution in [1.82, 2.24) is 0 Å². The summed E-state index contributed by atoms with van der Waals surface area (Å²) in [6.45, 7) is 0. The van der Waals surface area contributed by atoms with Gasteiger partial charge in [0, 0.05) is 39.6 Å². The van der Waals surface area contributed by atoms with Gasteiger partial charge in [0.1, 0.15) is 5.78 Å². The van der Waals surface area contributed by atoms with Gasteiger partial charge in [-0.1, -0.05) is 30.3 Å². The smallest absolute Gasteiger partial charge is 0.192 e. The maximum Gasteiger partial charge on any atom is 0.192 e. The number of carbonyl (C=O) groups is 2.